The number of nitrogens with two attached hydrogens (primary N) is 1. The Balaban J connectivity index is 2.28. The first-order valence-electron chi connectivity index (χ1n) is 6.64. The van der Waals surface area contributed by atoms with E-state index in [1.54, 1.807) is 14.2 Å². The zero-order valence-corrected chi connectivity index (χ0v) is 11.5. The lowest BCUT2D eigenvalue weighted by Crippen LogP contribution is -2.33. The summed E-state index contributed by atoms with van der Waals surface area (Å²) in [6.07, 6.45) is 4.56. The van der Waals surface area contributed by atoms with E-state index in [9.17, 15) is 0 Å². The summed E-state index contributed by atoms with van der Waals surface area (Å²) in [5.74, 6) is 2.28. The molecular formula is C15H23NO2. The van der Waals surface area contributed by atoms with Gasteiger partial charge in [-0.25, -0.2) is 0 Å². The van der Waals surface area contributed by atoms with Crippen LogP contribution in [0.2, 0.25) is 0 Å². The quantitative estimate of drug-likeness (QED) is 0.892. The lowest BCUT2D eigenvalue weighted by atomic mass is 9.88. The second-order valence-electron chi connectivity index (χ2n) is 5.24. The van der Waals surface area contributed by atoms with Crippen molar-refractivity contribution < 1.29 is 9.47 Å². The van der Waals surface area contributed by atoms with Crippen LogP contribution in [0, 0.1) is 5.92 Å². The van der Waals surface area contributed by atoms with Crippen molar-refractivity contribution in [1.29, 1.82) is 0 Å². The molecule has 18 heavy (non-hydrogen) atoms. The summed E-state index contributed by atoms with van der Waals surface area (Å²) in [5, 5.41) is 0. The molecule has 1 saturated carbocycles. The Bertz CT molecular complexity index is 419. The molecule has 0 radical (unpaired) electrons. The summed E-state index contributed by atoms with van der Waals surface area (Å²) in [7, 11) is 3.31. The molecule has 1 aliphatic carbocycles. The zero-order chi connectivity index (χ0) is 13.2. The van der Waals surface area contributed by atoms with Crippen LogP contribution in [0.3, 0.4) is 0 Å². The van der Waals surface area contributed by atoms with Gasteiger partial charge < -0.3 is 15.2 Å². The number of rotatable bonds is 4. The summed E-state index contributed by atoms with van der Waals surface area (Å²) in [6.45, 7) is 2.24. The van der Waals surface area contributed by atoms with Crippen LogP contribution in [0.25, 0.3) is 0 Å². The molecule has 0 heterocycles. The van der Waals surface area contributed by atoms with Gasteiger partial charge in [0, 0.05) is 5.54 Å². The van der Waals surface area contributed by atoms with Crippen molar-refractivity contribution in [3.63, 3.8) is 0 Å². The molecule has 0 aromatic heterocycles. The Morgan fingerprint density at radius 3 is 2.56 bits per heavy atom. The van der Waals surface area contributed by atoms with Crippen LogP contribution in [0.15, 0.2) is 18.2 Å². The highest BCUT2D eigenvalue weighted by atomic mass is 16.5. The average Bonchev–Trinajstić information content (AvgIpc) is 2.81. The van der Waals surface area contributed by atoms with Crippen molar-refractivity contribution in [2.24, 2.45) is 11.7 Å². The van der Waals surface area contributed by atoms with Crippen molar-refractivity contribution in [3.05, 3.63) is 23.8 Å². The molecule has 1 aromatic rings. The molecule has 1 aliphatic rings. The van der Waals surface area contributed by atoms with E-state index in [-0.39, 0.29) is 5.54 Å². The molecule has 2 rings (SSSR count). The third-order valence-electron chi connectivity index (χ3n) is 4.19. The fourth-order valence-electron chi connectivity index (χ4n) is 2.94. The van der Waals surface area contributed by atoms with Crippen molar-refractivity contribution in [1.82, 2.24) is 0 Å². The predicted octanol–water partition coefficient (Wildman–Crippen LogP) is 3.07. The smallest absolute Gasteiger partial charge is 0.161 e. The largest absolute Gasteiger partial charge is 0.493 e. The van der Waals surface area contributed by atoms with Gasteiger partial charge >= 0.3 is 0 Å². The third-order valence-corrected chi connectivity index (χ3v) is 4.19. The van der Waals surface area contributed by atoms with Gasteiger partial charge in [0.1, 0.15) is 0 Å². The van der Waals surface area contributed by atoms with Gasteiger partial charge in [-0.05, 0) is 42.9 Å². The maximum Gasteiger partial charge on any atom is 0.161 e. The van der Waals surface area contributed by atoms with Crippen molar-refractivity contribution in [2.45, 2.75) is 38.1 Å². The van der Waals surface area contributed by atoms with Gasteiger partial charge in [-0.3, -0.25) is 0 Å². The first-order valence-corrected chi connectivity index (χ1v) is 6.64. The van der Waals surface area contributed by atoms with Crippen molar-refractivity contribution in [3.8, 4) is 11.5 Å². The molecule has 100 valence electrons. The molecule has 0 bridgehead atoms. The summed E-state index contributed by atoms with van der Waals surface area (Å²) in [6, 6.07) is 6.04. The Kier molecular flexibility index (Phi) is 3.81. The van der Waals surface area contributed by atoms with Crippen LogP contribution in [0.1, 0.15) is 38.2 Å². The van der Waals surface area contributed by atoms with E-state index in [1.165, 1.54) is 12.8 Å². The summed E-state index contributed by atoms with van der Waals surface area (Å²) < 4.78 is 10.6. The molecule has 0 aliphatic heterocycles. The van der Waals surface area contributed by atoms with Crippen LogP contribution in [-0.4, -0.2) is 14.2 Å². The van der Waals surface area contributed by atoms with Gasteiger partial charge in [0.2, 0.25) is 0 Å². The molecule has 0 amide bonds. The highest BCUT2D eigenvalue weighted by Gasteiger charge is 2.36. The normalized spacial score (nSPS) is 27.2. The molecular weight excluding hydrogens is 226 g/mol. The van der Waals surface area contributed by atoms with E-state index in [0.29, 0.717) is 0 Å². The highest BCUT2D eigenvalue weighted by Crippen LogP contribution is 2.43. The van der Waals surface area contributed by atoms with E-state index < -0.39 is 0 Å². The first kappa shape index (κ1) is 13.2. The minimum Gasteiger partial charge on any atom is -0.493 e. The fourth-order valence-corrected chi connectivity index (χ4v) is 2.94. The Morgan fingerprint density at radius 2 is 2.00 bits per heavy atom. The summed E-state index contributed by atoms with van der Waals surface area (Å²) >= 11 is 0. The Labute approximate surface area is 109 Å². The SMILES string of the molecule is CCC1CCC(N)(c2ccc(OC)c(OC)c2)C1. The van der Waals surface area contributed by atoms with Crippen molar-refractivity contribution >= 4 is 0 Å². The van der Waals surface area contributed by atoms with Crippen LogP contribution in [-0.2, 0) is 5.54 Å². The summed E-state index contributed by atoms with van der Waals surface area (Å²) in [4.78, 5) is 0. The standard InChI is InChI=1S/C15H23NO2/c1-4-11-7-8-15(16,10-11)12-5-6-13(17-2)14(9-12)18-3/h5-6,9,11H,4,7-8,10,16H2,1-3H3. The zero-order valence-electron chi connectivity index (χ0n) is 11.5. The molecule has 2 atom stereocenters. The van der Waals surface area contributed by atoms with Crippen LogP contribution < -0.4 is 15.2 Å². The van der Waals surface area contributed by atoms with Crippen LogP contribution >= 0.6 is 0 Å². The number of hydrogen-bond acceptors (Lipinski definition) is 3. The number of hydrogen-bond donors (Lipinski definition) is 1. The van der Waals surface area contributed by atoms with Gasteiger partial charge in [-0.2, -0.15) is 0 Å². The van der Waals surface area contributed by atoms with E-state index in [1.807, 2.05) is 12.1 Å². The molecule has 2 N–H and O–H groups in total. The van der Waals surface area contributed by atoms with Crippen LogP contribution in [0.5, 0.6) is 11.5 Å². The second-order valence-corrected chi connectivity index (χ2v) is 5.24. The highest BCUT2D eigenvalue weighted by molar-refractivity contribution is 5.45. The topological polar surface area (TPSA) is 44.5 Å². The van der Waals surface area contributed by atoms with Gasteiger partial charge in [0.15, 0.2) is 11.5 Å². The molecule has 3 heteroatoms. The summed E-state index contributed by atoms with van der Waals surface area (Å²) in [5.41, 5.74) is 7.53. The van der Waals surface area contributed by atoms with Gasteiger partial charge in [0.25, 0.3) is 0 Å². The number of ether oxygens (including phenoxy) is 2. The lowest BCUT2D eigenvalue weighted by molar-refractivity contribution is 0.351. The molecule has 1 fully saturated rings. The lowest BCUT2D eigenvalue weighted by Gasteiger charge is -2.26. The molecule has 3 nitrogen and oxygen atoms in total. The van der Waals surface area contributed by atoms with Gasteiger partial charge in [-0.15, -0.1) is 0 Å². The predicted molar refractivity (Wildman–Crippen MR) is 73.0 cm³/mol. The minimum absolute atomic E-state index is 0.194. The maximum atomic E-state index is 6.57. The first-order chi connectivity index (χ1) is 8.62. The van der Waals surface area contributed by atoms with E-state index >= 15 is 0 Å². The fraction of sp³-hybridized carbons (Fsp3) is 0.600. The Morgan fingerprint density at radius 1 is 1.28 bits per heavy atom. The Hall–Kier alpha value is -1.22. The molecule has 0 spiro atoms. The average molecular weight is 249 g/mol. The molecule has 1 aromatic carbocycles. The number of methoxy groups -OCH3 is 2. The minimum atomic E-state index is -0.194. The van der Waals surface area contributed by atoms with Crippen molar-refractivity contribution in [2.75, 3.05) is 14.2 Å². The van der Waals surface area contributed by atoms with Crippen LogP contribution in [0.4, 0.5) is 0 Å². The van der Waals surface area contributed by atoms with E-state index in [4.69, 9.17) is 15.2 Å². The third kappa shape index (κ3) is 2.32. The van der Waals surface area contributed by atoms with E-state index in [2.05, 4.69) is 13.0 Å². The van der Waals surface area contributed by atoms with E-state index in [0.717, 1.165) is 35.8 Å². The molecule has 2 unspecified atom stereocenters. The number of benzene rings is 1. The second kappa shape index (κ2) is 5.19. The van der Waals surface area contributed by atoms with Gasteiger partial charge in [-0.1, -0.05) is 19.4 Å². The van der Waals surface area contributed by atoms with Gasteiger partial charge in [0.05, 0.1) is 14.2 Å². The monoisotopic (exact) mass is 249 g/mol. The maximum absolute atomic E-state index is 6.57. The molecule has 0 saturated heterocycles.